The number of hydrogen-bond acceptors (Lipinski definition) is 2. The van der Waals surface area contributed by atoms with Crippen LogP contribution in [0.2, 0.25) is 0 Å². The van der Waals surface area contributed by atoms with Gasteiger partial charge < -0.3 is 11.1 Å². The van der Waals surface area contributed by atoms with Crippen molar-refractivity contribution in [1.82, 2.24) is 5.32 Å². The van der Waals surface area contributed by atoms with Crippen molar-refractivity contribution in [1.29, 1.82) is 0 Å². The van der Waals surface area contributed by atoms with Gasteiger partial charge in [-0.05, 0) is 63.2 Å². The molecule has 3 N–H and O–H groups in total. The van der Waals surface area contributed by atoms with Crippen LogP contribution in [0.1, 0.15) is 51.9 Å². The molecule has 3 saturated carbocycles. The molecule has 0 aromatic heterocycles. The second-order valence-corrected chi connectivity index (χ2v) is 6.61. The van der Waals surface area contributed by atoms with Crippen LogP contribution in [0.5, 0.6) is 0 Å². The molecule has 3 aliphatic carbocycles. The van der Waals surface area contributed by atoms with Crippen molar-refractivity contribution in [3.8, 4) is 0 Å². The molecule has 0 aromatic rings. The molecule has 0 aliphatic heterocycles. The van der Waals surface area contributed by atoms with E-state index in [2.05, 4.69) is 12.2 Å². The molecule has 3 fully saturated rings. The molecule has 4 atom stereocenters. The highest BCUT2D eigenvalue weighted by Gasteiger charge is 2.45. The molecule has 0 spiro atoms. The zero-order chi connectivity index (χ0) is 12.0. The van der Waals surface area contributed by atoms with Crippen LogP contribution in [-0.4, -0.2) is 17.5 Å². The molecule has 0 saturated heterocycles. The number of hydrogen-bond donors (Lipinski definition) is 2. The van der Waals surface area contributed by atoms with Crippen LogP contribution in [0, 0.1) is 17.8 Å². The zero-order valence-corrected chi connectivity index (χ0v) is 10.7. The molecule has 0 heterocycles. The predicted molar refractivity (Wildman–Crippen MR) is 67.3 cm³/mol. The van der Waals surface area contributed by atoms with Gasteiger partial charge in [0, 0.05) is 6.04 Å². The fraction of sp³-hybridized carbons (Fsp3) is 0.929. The Balaban J connectivity index is 1.56. The maximum absolute atomic E-state index is 12.1. The van der Waals surface area contributed by atoms with Gasteiger partial charge in [-0.1, -0.05) is 6.42 Å². The molecule has 3 rings (SSSR count). The third kappa shape index (κ3) is 1.88. The van der Waals surface area contributed by atoms with Gasteiger partial charge in [0.1, 0.15) is 0 Å². The van der Waals surface area contributed by atoms with Gasteiger partial charge in [0.25, 0.3) is 0 Å². The zero-order valence-electron chi connectivity index (χ0n) is 10.7. The summed E-state index contributed by atoms with van der Waals surface area (Å²) in [7, 11) is 0. The second-order valence-electron chi connectivity index (χ2n) is 6.61. The van der Waals surface area contributed by atoms with Crippen molar-refractivity contribution >= 4 is 5.91 Å². The van der Waals surface area contributed by atoms with Crippen LogP contribution in [0.15, 0.2) is 0 Å². The molecule has 4 unspecified atom stereocenters. The first-order valence-electron chi connectivity index (χ1n) is 7.18. The van der Waals surface area contributed by atoms with E-state index in [1.165, 1.54) is 25.7 Å². The quantitative estimate of drug-likeness (QED) is 0.785. The number of nitrogens with one attached hydrogen (secondary N) is 1. The molecular formula is C14H24N2O. The van der Waals surface area contributed by atoms with Crippen LogP contribution in [0.3, 0.4) is 0 Å². The highest BCUT2D eigenvalue weighted by atomic mass is 16.2. The van der Waals surface area contributed by atoms with Crippen LogP contribution in [-0.2, 0) is 4.79 Å². The average Bonchev–Trinajstić information content (AvgIpc) is 2.87. The van der Waals surface area contributed by atoms with E-state index in [0.29, 0.717) is 12.0 Å². The summed E-state index contributed by atoms with van der Waals surface area (Å²) in [6, 6.07) is 0.318. The van der Waals surface area contributed by atoms with E-state index in [4.69, 9.17) is 5.73 Å². The lowest BCUT2D eigenvalue weighted by atomic mass is 9.76. The number of carbonyl (C=O) groups is 1. The average molecular weight is 236 g/mol. The van der Waals surface area contributed by atoms with Crippen LogP contribution in [0.25, 0.3) is 0 Å². The standard InChI is InChI=1S/C14H24N2O/c1-9(12-8-10-3-4-11(12)7-10)16-13(17)14(15)5-2-6-14/h9-12H,2-8,15H2,1H3,(H,16,17). The summed E-state index contributed by atoms with van der Waals surface area (Å²) < 4.78 is 0. The summed E-state index contributed by atoms with van der Waals surface area (Å²) >= 11 is 0. The number of rotatable bonds is 3. The predicted octanol–water partition coefficient (Wildman–Crippen LogP) is 1.81. The maximum atomic E-state index is 12.1. The Morgan fingerprint density at radius 3 is 2.59 bits per heavy atom. The molecule has 3 heteroatoms. The molecule has 17 heavy (non-hydrogen) atoms. The Bertz CT molecular complexity index is 324. The lowest BCUT2D eigenvalue weighted by Crippen LogP contribution is -2.60. The molecule has 0 radical (unpaired) electrons. The molecule has 3 nitrogen and oxygen atoms in total. The summed E-state index contributed by atoms with van der Waals surface area (Å²) in [6.45, 7) is 2.17. The third-order valence-corrected chi connectivity index (χ3v) is 5.49. The largest absolute Gasteiger partial charge is 0.352 e. The number of fused-ring (bicyclic) bond motifs is 2. The second kappa shape index (κ2) is 3.98. The van der Waals surface area contributed by atoms with Crippen molar-refractivity contribution < 1.29 is 4.79 Å². The van der Waals surface area contributed by atoms with Crippen molar-refractivity contribution in [2.24, 2.45) is 23.5 Å². The monoisotopic (exact) mass is 236 g/mol. The fourth-order valence-electron chi connectivity index (χ4n) is 4.15. The fourth-order valence-corrected chi connectivity index (χ4v) is 4.15. The summed E-state index contributed by atoms with van der Waals surface area (Å²) in [5.74, 6) is 2.62. The van der Waals surface area contributed by atoms with Crippen molar-refractivity contribution in [2.75, 3.05) is 0 Å². The van der Waals surface area contributed by atoms with E-state index in [1.807, 2.05) is 0 Å². The van der Waals surface area contributed by atoms with Crippen molar-refractivity contribution in [3.63, 3.8) is 0 Å². The van der Waals surface area contributed by atoms with Gasteiger partial charge in [-0.2, -0.15) is 0 Å². The third-order valence-electron chi connectivity index (χ3n) is 5.49. The normalized spacial score (nSPS) is 39.8. The number of amides is 1. The molecule has 0 aromatic carbocycles. The van der Waals surface area contributed by atoms with Gasteiger partial charge in [-0.3, -0.25) is 4.79 Å². The van der Waals surface area contributed by atoms with Crippen molar-refractivity contribution in [3.05, 3.63) is 0 Å². The molecule has 1 amide bonds. The van der Waals surface area contributed by atoms with E-state index in [-0.39, 0.29) is 5.91 Å². The van der Waals surface area contributed by atoms with E-state index >= 15 is 0 Å². The summed E-state index contributed by atoms with van der Waals surface area (Å²) in [4.78, 5) is 12.1. The maximum Gasteiger partial charge on any atom is 0.240 e. The molecule has 3 aliphatic rings. The number of nitrogens with two attached hydrogens (primary N) is 1. The Morgan fingerprint density at radius 1 is 1.35 bits per heavy atom. The lowest BCUT2D eigenvalue weighted by Gasteiger charge is -2.38. The topological polar surface area (TPSA) is 55.1 Å². The minimum atomic E-state index is -0.536. The van der Waals surface area contributed by atoms with Gasteiger partial charge in [0.05, 0.1) is 5.54 Å². The minimum Gasteiger partial charge on any atom is -0.352 e. The van der Waals surface area contributed by atoms with Crippen LogP contribution in [0.4, 0.5) is 0 Å². The first-order chi connectivity index (χ1) is 8.08. The Hall–Kier alpha value is -0.570. The first-order valence-corrected chi connectivity index (χ1v) is 7.18. The minimum absolute atomic E-state index is 0.0963. The SMILES string of the molecule is CC(NC(=O)C1(N)CCC1)C1CC2CCC1C2. The molecule has 2 bridgehead atoms. The van der Waals surface area contributed by atoms with Gasteiger partial charge in [-0.15, -0.1) is 0 Å². The van der Waals surface area contributed by atoms with Crippen LogP contribution >= 0.6 is 0 Å². The summed E-state index contributed by atoms with van der Waals surface area (Å²) in [5.41, 5.74) is 5.52. The highest BCUT2D eigenvalue weighted by Crippen LogP contribution is 2.49. The van der Waals surface area contributed by atoms with Gasteiger partial charge in [-0.25, -0.2) is 0 Å². The van der Waals surface area contributed by atoms with Gasteiger partial charge >= 0.3 is 0 Å². The Morgan fingerprint density at radius 2 is 2.12 bits per heavy atom. The summed E-state index contributed by atoms with van der Waals surface area (Å²) in [6.07, 6.45) is 8.35. The Kier molecular flexibility index (Phi) is 2.69. The van der Waals surface area contributed by atoms with E-state index in [1.54, 1.807) is 0 Å². The Labute approximate surface area is 104 Å². The van der Waals surface area contributed by atoms with E-state index in [9.17, 15) is 4.79 Å². The van der Waals surface area contributed by atoms with Gasteiger partial charge in [0.15, 0.2) is 0 Å². The van der Waals surface area contributed by atoms with Crippen LogP contribution < -0.4 is 11.1 Å². The first kappa shape index (κ1) is 11.5. The van der Waals surface area contributed by atoms with E-state index < -0.39 is 5.54 Å². The number of carbonyl (C=O) groups excluding carboxylic acids is 1. The van der Waals surface area contributed by atoms with E-state index in [0.717, 1.165) is 31.1 Å². The van der Waals surface area contributed by atoms with Crippen molar-refractivity contribution in [2.45, 2.75) is 63.5 Å². The smallest absolute Gasteiger partial charge is 0.240 e. The highest BCUT2D eigenvalue weighted by molar-refractivity contribution is 5.87. The molecular weight excluding hydrogens is 212 g/mol. The summed E-state index contributed by atoms with van der Waals surface area (Å²) in [5, 5.41) is 3.19. The van der Waals surface area contributed by atoms with Gasteiger partial charge in [0.2, 0.25) is 5.91 Å². The molecule has 96 valence electrons. The lowest BCUT2D eigenvalue weighted by molar-refractivity contribution is -0.130.